The number of piperazine rings is 1. The molecule has 1 aliphatic heterocycles. The van der Waals surface area contributed by atoms with Gasteiger partial charge in [-0.05, 0) is 12.1 Å². The minimum Gasteiger partial charge on any atom is -0.466 e. The van der Waals surface area contributed by atoms with Gasteiger partial charge in [0.15, 0.2) is 5.82 Å². The fourth-order valence-corrected chi connectivity index (χ4v) is 3.01. The summed E-state index contributed by atoms with van der Waals surface area (Å²) in [6, 6.07) is 7.60. The van der Waals surface area contributed by atoms with Crippen LogP contribution < -0.4 is 9.64 Å². The smallest absolute Gasteiger partial charge is 0.335 e. The molecule has 27 heavy (non-hydrogen) atoms. The normalized spacial score (nSPS) is 14.3. The third-order valence-electron chi connectivity index (χ3n) is 4.49. The predicted molar refractivity (Wildman–Crippen MR) is 98.5 cm³/mol. The number of methoxy groups -OCH3 is 1. The van der Waals surface area contributed by atoms with Crippen LogP contribution in [0, 0.1) is 0 Å². The molecule has 3 heterocycles. The molecule has 0 atom stereocenters. The van der Waals surface area contributed by atoms with Gasteiger partial charge in [-0.25, -0.2) is 4.98 Å². The molecule has 0 bridgehead atoms. The Bertz CT molecular complexity index is 903. The fraction of sp³-hybridized carbons (Fsp3) is 0.278. The van der Waals surface area contributed by atoms with Crippen molar-refractivity contribution in [2.45, 2.75) is 0 Å². The predicted octanol–water partition coefficient (Wildman–Crippen LogP) is 1.23. The molecule has 0 aliphatic carbocycles. The van der Waals surface area contributed by atoms with Gasteiger partial charge in [0.25, 0.3) is 5.91 Å². The van der Waals surface area contributed by atoms with E-state index in [1.807, 2.05) is 29.2 Å². The van der Waals surface area contributed by atoms with E-state index >= 15 is 0 Å². The summed E-state index contributed by atoms with van der Waals surface area (Å²) in [6.07, 6.45) is 5.08. The Morgan fingerprint density at radius 1 is 1.11 bits per heavy atom. The van der Waals surface area contributed by atoms with Crippen molar-refractivity contribution in [3.8, 4) is 17.4 Å². The van der Waals surface area contributed by atoms with Crippen LogP contribution in [0.5, 0.6) is 6.01 Å². The van der Waals surface area contributed by atoms with E-state index in [2.05, 4.69) is 30.0 Å². The van der Waals surface area contributed by atoms with Crippen molar-refractivity contribution in [2.75, 3.05) is 38.2 Å². The van der Waals surface area contributed by atoms with Gasteiger partial charge in [0.1, 0.15) is 5.82 Å². The molecule has 1 fully saturated rings. The average Bonchev–Trinajstić information content (AvgIpc) is 3.23. The molecule has 9 heteroatoms. The number of hydrogen-bond donors (Lipinski definition) is 1. The first-order chi connectivity index (χ1) is 13.2. The van der Waals surface area contributed by atoms with Crippen LogP contribution >= 0.6 is 0 Å². The summed E-state index contributed by atoms with van der Waals surface area (Å²) >= 11 is 0. The molecule has 0 spiro atoms. The maximum Gasteiger partial charge on any atom is 0.335 e. The van der Waals surface area contributed by atoms with Crippen molar-refractivity contribution in [1.82, 2.24) is 30.0 Å². The summed E-state index contributed by atoms with van der Waals surface area (Å²) in [5.74, 6) is 1.47. The Morgan fingerprint density at radius 3 is 2.52 bits per heavy atom. The third-order valence-corrected chi connectivity index (χ3v) is 4.49. The number of aromatic amines is 1. The van der Waals surface area contributed by atoms with Gasteiger partial charge in [-0.3, -0.25) is 14.9 Å². The number of ether oxygens (including phenoxy) is 1. The van der Waals surface area contributed by atoms with E-state index in [0.717, 1.165) is 24.5 Å². The van der Waals surface area contributed by atoms with Crippen LogP contribution in [0.4, 0.5) is 5.82 Å². The number of nitrogens with one attached hydrogen (secondary N) is 1. The minimum atomic E-state index is 0.0236. The second kappa shape index (κ2) is 7.40. The summed E-state index contributed by atoms with van der Waals surface area (Å²) in [5, 5.41) is 6.73. The molecule has 9 nitrogen and oxygen atoms in total. The highest BCUT2D eigenvalue weighted by Gasteiger charge is 2.23. The van der Waals surface area contributed by atoms with Crippen molar-refractivity contribution in [1.29, 1.82) is 0 Å². The number of hydrogen-bond acceptors (Lipinski definition) is 7. The second-order valence-electron chi connectivity index (χ2n) is 6.09. The van der Waals surface area contributed by atoms with Gasteiger partial charge in [-0.1, -0.05) is 12.1 Å². The maximum absolute atomic E-state index is 12.8. The van der Waals surface area contributed by atoms with Crippen LogP contribution in [0.3, 0.4) is 0 Å². The first kappa shape index (κ1) is 17.0. The molecule has 1 saturated heterocycles. The van der Waals surface area contributed by atoms with Gasteiger partial charge in [-0.2, -0.15) is 4.98 Å². The van der Waals surface area contributed by atoms with Gasteiger partial charge < -0.3 is 14.5 Å². The molecule has 0 unspecified atom stereocenters. The van der Waals surface area contributed by atoms with Gasteiger partial charge in [0.2, 0.25) is 0 Å². The number of anilines is 1. The summed E-state index contributed by atoms with van der Waals surface area (Å²) in [6.45, 7) is 2.77. The molecule has 0 radical (unpaired) electrons. The molecule has 1 amide bonds. The van der Waals surface area contributed by atoms with Crippen LogP contribution in [-0.2, 0) is 0 Å². The number of aromatic nitrogens is 5. The molecular formula is C18H19N7O2. The van der Waals surface area contributed by atoms with Crippen LogP contribution in [0.15, 0.2) is 42.9 Å². The van der Waals surface area contributed by atoms with Crippen LogP contribution in [0.25, 0.3) is 11.4 Å². The zero-order valence-corrected chi connectivity index (χ0v) is 14.9. The highest BCUT2D eigenvalue weighted by Crippen LogP contribution is 2.19. The zero-order valence-electron chi connectivity index (χ0n) is 14.9. The minimum absolute atomic E-state index is 0.0236. The third kappa shape index (κ3) is 3.57. The fourth-order valence-electron chi connectivity index (χ4n) is 3.01. The summed E-state index contributed by atoms with van der Waals surface area (Å²) in [4.78, 5) is 29.4. The Morgan fingerprint density at radius 2 is 1.89 bits per heavy atom. The van der Waals surface area contributed by atoms with Crippen molar-refractivity contribution < 1.29 is 9.53 Å². The van der Waals surface area contributed by atoms with E-state index in [-0.39, 0.29) is 11.9 Å². The molecule has 138 valence electrons. The topological polar surface area (TPSA) is 100 Å². The zero-order chi connectivity index (χ0) is 18.6. The molecular weight excluding hydrogens is 346 g/mol. The lowest BCUT2D eigenvalue weighted by Crippen LogP contribution is -2.49. The van der Waals surface area contributed by atoms with Gasteiger partial charge >= 0.3 is 6.01 Å². The molecule has 1 aliphatic rings. The first-order valence-corrected chi connectivity index (χ1v) is 8.61. The monoisotopic (exact) mass is 365 g/mol. The number of rotatable bonds is 4. The average molecular weight is 365 g/mol. The lowest BCUT2D eigenvalue weighted by atomic mass is 10.1. The van der Waals surface area contributed by atoms with E-state index in [1.165, 1.54) is 7.11 Å². The second-order valence-corrected chi connectivity index (χ2v) is 6.09. The van der Waals surface area contributed by atoms with Crippen molar-refractivity contribution in [3.63, 3.8) is 0 Å². The Balaban J connectivity index is 1.40. The lowest BCUT2D eigenvalue weighted by molar-refractivity contribution is 0.0746. The number of nitrogens with zero attached hydrogens (tertiary/aromatic N) is 6. The number of carbonyl (C=O) groups is 1. The highest BCUT2D eigenvalue weighted by atomic mass is 16.5. The summed E-state index contributed by atoms with van der Waals surface area (Å²) < 4.78 is 4.97. The number of H-pyrrole nitrogens is 1. The lowest BCUT2D eigenvalue weighted by Gasteiger charge is -2.35. The van der Waals surface area contributed by atoms with Gasteiger partial charge in [0.05, 0.1) is 13.3 Å². The van der Waals surface area contributed by atoms with Crippen LogP contribution in [-0.4, -0.2) is 69.2 Å². The van der Waals surface area contributed by atoms with Gasteiger partial charge in [0, 0.05) is 49.7 Å². The Kier molecular flexibility index (Phi) is 4.65. The first-order valence-electron chi connectivity index (χ1n) is 8.61. The Hall–Kier alpha value is -3.49. The standard InChI is InChI=1S/C18H19N7O2/c1-27-18-21-16(22-23-18)13-2-4-14(5-3-13)17(26)25-10-8-24(9-11-25)15-12-19-6-7-20-15/h2-7,12H,8-11H2,1H3,(H,21,22,23). The highest BCUT2D eigenvalue weighted by molar-refractivity contribution is 5.94. The van der Waals surface area contributed by atoms with E-state index in [4.69, 9.17) is 4.74 Å². The summed E-state index contributed by atoms with van der Waals surface area (Å²) in [5.41, 5.74) is 1.49. The molecule has 1 N–H and O–H groups in total. The SMILES string of the molecule is COc1n[nH]c(-c2ccc(C(=O)N3CCN(c4cnccn4)CC3)cc2)n1. The molecule has 2 aromatic heterocycles. The number of benzene rings is 1. The van der Waals surface area contributed by atoms with E-state index in [1.54, 1.807) is 18.6 Å². The summed E-state index contributed by atoms with van der Waals surface area (Å²) in [7, 11) is 1.51. The molecule has 3 aromatic rings. The maximum atomic E-state index is 12.8. The van der Waals surface area contributed by atoms with Gasteiger partial charge in [-0.15, -0.1) is 5.10 Å². The molecule has 0 saturated carbocycles. The van der Waals surface area contributed by atoms with Crippen molar-refractivity contribution in [3.05, 3.63) is 48.4 Å². The molecule has 1 aromatic carbocycles. The van der Waals surface area contributed by atoms with E-state index < -0.39 is 0 Å². The molecule has 4 rings (SSSR count). The largest absolute Gasteiger partial charge is 0.466 e. The Labute approximate surface area is 156 Å². The quantitative estimate of drug-likeness (QED) is 0.742. The van der Waals surface area contributed by atoms with E-state index in [9.17, 15) is 4.79 Å². The van der Waals surface area contributed by atoms with Crippen LogP contribution in [0.2, 0.25) is 0 Å². The van der Waals surface area contributed by atoms with Crippen LogP contribution in [0.1, 0.15) is 10.4 Å². The van der Waals surface area contributed by atoms with E-state index in [0.29, 0.717) is 24.5 Å². The van der Waals surface area contributed by atoms with Crippen molar-refractivity contribution >= 4 is 11.7 Å². The van der Waals surface area contributed by atoms with Crippen molar-refractivity contribution in [2.24, 2.45) is 0 Å². The number of amides is 1. The number of carbonyl (C=O) groups excluding carboxylic acids is 1.